The Kier molecular flexibility index (Phi) is 5.53. The highest BCUT2D eigenvalue weighted by Crippen LogP contribution is 2.37. The van der Waals surface area contributed by atoms with Crippen molar-refractivity contribution in [2.24, 2.45) is 0 Å². The molecule has 0 unspecified atom stereocenters. The molecule has 1 aromatic heterocycles. The zero-order chi connectivity index (χ0) is 18.4. The summed E-state index contributed by atoms with van der Waals surface area (Å²) in [6.45, 7) is 0. The number of phenolic OH excluding ortho intramolecular Hbond substituents is 1. The molecule has 0 radical (unpaired) electrons. The van der Waals surface area contributed by atoms with Crippen LogP contribution >= 0.6 is 0 Å². The number of benzene rings is 2. The number of aromatic hydroxyl groups is 1. The lowest BCUT2D eigenvalue weighted by atomic mass is 10.1. The van der Waals surface area contributed by atoms with Gasteiger partial charge in [0, 0.05) is 12.5 Å². The second kappa shape index (κ2) is 8.20. The fraction of sp³-hybridized carbons (Fsp3) is 0.200. The van der Waals surface area contributed by atoms with Crippen LogP contribution in [0.4, 0.5) is 0 Å². The van der Waals surface area contributed by atoms with Crippen LogP contribution in [0.1, 0.15) is 22.8 Å². The van der Waals surface area contributed by atoms with Gasteiger partial charge in [-0.2, -0.15) is 4.98 Å². The zero-order valence-electron chi connectivity index (χ0n) is 14.7. The van der Waals surface area contributed by atoms with Gasteiger partial charge in [-0.15, -0.1) is 0 Å². The van der Waals surface area contributed by atoms with E-state index in [1.807, 2.05) is 18.2 Å². The Morgan fingerprint density at radius 3 is 2.35 bits per heavy atom. The average Bonchev–Trinajstić information content (AvgIpc) is 3.14. The second-order valence-electron chi connectivity index (χ2n) is 5.64. The summed E-state index contributed by atoms with van der Waals surface area (Å²) in [7, 11) is 2.97. The van der Waals surface area contributed by atoms with E-state index in [-0.39, 0.29) is 5.75 Å². The Hall–Kier alpha value is -3.28. The minimum absolute atomic E-state index is 0.0341. The molecule has 26 heavy (non-hydrogen) atoms. The quantitative estimate of drug-likeness (QED) is 0.698. The fourth-order valence-electron chi connectivity index (χ4n) is 2.52. The van der Waals surface area contributed by atoms with Gasteiger partial charge >= 0.3 is 0 Å². The van der Waals surface area contributed by atoms with Gasteiger partial charge in [-0.25, -0.2) is 0 Å². The van der Waals surface area contributed by atoms with Gasteiger partial charge in [0.15, 0.2) is 17.3 Å². The number of rotatable bonds is 7. The molecule has 0 spiro atoms. The van der Waals surface area contributed by atoms with Gasteiger partial charge in [-0.3, -0.25) is 0 Å². The van der Waals surface area contributed by atoms with Gasteiger partial charge in [0.05, 0.1) is 14.2 Å². The summed E-state index contributed by atoms with van der Waals surface area (Å²) in [6.07, 6.45) is 5.07. The third-order valence-electron chi connectivity index (χ3n) is 3.88. The third kappa shape index (κ3) is 4.22. The van der Waals surface area contributed by atoms with Crippen molar-refractivity contribution in [3.05, 3.63) is 65.3 Å². The highest BCUT2D eigenvalue weighted by Gasteiger charge is 2.10. The highest BCUT2D eigenvalue weighted by molar-refractivity contribution is 5.70. The van der Waals surface area contributed by atoms with Crippen molar-refractivity contribution in [3.63, 3.8) is 0 Å². The number of hydrogen-bond acceptors (Lipinski definition) is 6. The maximum absolute atomic E-state index is 9.94. The molecule has 1 N–H and O–H groups in total. The normalized spacial score (nSPS) is 11.0. The second-order valence-corrected chi connectivity index (χ2v) is 5.64. The van der Waals surface area contributed by atoms with Crippen LogP contribution in [0.2, 0.25) is 0 Å². The summed E-state index contributed by atoms with van der Waals surface area (Å²) in [6, 6.07) is 13.6. The molecule has 0 aliphatic heterocycles. The minimum Gasteiger partial charge on any atom is -0.502 e. The van der Waals surface area contributed by atoms with Crippen molar-refractivity contribution in [1.82, 2.24) is 10.1 Å². The van der Waals surface area contributed by atoms with Crippen LogP contribution in [0.5, 0.6) is 17.2 Å². The van der Waals surface area contributed by atoms with E-state index < -0.39 is 0 Å². The summed E-state index contributed by atoms with van der Waals surface area (Å²) in [4.78, 5) is 4.37. The van der Waals surface area contributed by atoms with E-state index in [0.717, 1.165) is 12.0 Å². The molecule has 0 aliphatic rings. The first-order valence-electron chi connectivity index (χ1n) is 8.19. The van der Waals surface area contributed by atoms with Gasteiger partial charge in [-0.05, 0) is 35.8 Å². The monoisotopic (exact) mass is 352 g/mol. The lowest BCUT2D eigenvalue weighted by Crippen LogP contribution is -1.93. The standard InChI is InChI=1S/C20H20N2O4/c1-24-16-12-15(13-17(25-2)20(16)23)9-11-19-21-18(22-26-19)10-8-14-6-4-3-5-7-14/h3-7,9,11-13,23H,8,10H2,1-2H3. The molecule has 0 saturated heterocycles. The first-order valence-corrected chi connectivity index (χ1v) is 8.19. The van der Waals surface area contributed by atoms with Crippen molar-refractivity contribution in [2.75, 3.05) is 14.2 Å². The van der Waals surface area contributed by atoms with Gasteiger partial charge < -0.3 is 19.1 Å². The molecule has 1 heterocycles. The molecule has 0 aliphatic carbocycles. The molecule has 134 valence electrons. The Labute approximate surface area is 151 Å². The molecule has 3 aromatic rings. The van der Waals surface area contributed by atoms with E-state index in [1.54, 1.807) is 24.3 Å². The predicted octanol–water partition coefficient (Wildman–Crippen LogP) is 3.75. The fourth-order valence-corrected chi connectivity index (χ4v) is 2.52. The lowest BCUT2D eigenvalue weighted by Gasteiger charge is -2.09. The molecule has 6 heteroatoms. The number of phenols is 1. The zero-order valence-corrected chi connectivity index (χ0v) is 14.7. The maximum Gasteiger partial charge on any atom is 0.250 e. The van der Waals surface area contributed by atoms with Gasteiger partial charge in [0.2, 0.25) is 5.75 Å². The third-order valence-corrected chi connectivity index (χ3v) is 3.88. The highest BCUT2D eigenvalue weighted by atomic mass is 16.5. The van der Waals surface area contributed by atoms with E-state index in [9.17, 15) is 5.11 Å². The van der Waals surface area contributed by atoms with Crippen molar-refractivity contribution in [1.29, 1.82) is 0 Å². The summed E-state index contributed by atoms with van der Waals surface area (Å²) < 4.78 is 15.5. The molecule has 0 bridgehead atoms. The Balaban J connectivity index is 1.69. The molecule has 6 nitrogen and oxygen atoms in total. The van der Waals surface area contributed by atoms with Crippen LogP contribution in [0.15, 0.2) is 47.0 Å². The molecule has 0 amide bonds. The van der Waals surface area contributed by atoms with Crippen LogP contribution < -0.4 is 9.47 Å². The lowest BCUT2D eigenvalue weighted by molar-refractivity contribution is 0.340. The molecule has 2 aromatic carbocycles. The minimum atomic E-state index is -0.0341. The molecule has 0 saturated carbocycles. The Morgan fingerprint density at radius 1 is 1.00 bits per heavy atom. The van der Waals surface area contributed by atoms with Crippen molar-refractivity contribution >= 4 is 12.2 Å². The van der Waals surface area contributed by atoms with Gasteiger partial charge in [0.1, 0.15) is 0 Å². The van der Waals surface area contributed by atoms with Crippen molar-refractivity contribution < 1.29 is 19.1 Å². The van der Waals surface area contributed by atoms with E-state index in [0.29, 0.717) is 29.6 Å². The topological polar surface area (TPSA) is 77.6 Å². The Bertz CT molecular complexity index is 863. The molecule has 0 atom stereocenters. The van der Waals surface area contributed by atoms with E-state index in [2.05, 4.69) is 22.3 Å². The summed E-state index contributed by atoms with van der Waals surface area (Å²) >= 11 is 0. The summed E-state index contributed by atoms with van der Waals surface area (Å²) in [5.41, 5.74) is 2.01. The van der Waals surface area contributed by atoms with Crippen LogP contribution in [0, 0.1) is 0 Å². The number of aryl methyl sites for hydroxylation is 2. The number of hydrogen-bond donors (Lipinski definition) is 1. The van der Waals surface area contributed by atoms with Gasteiger partial charge in [-0.1, -0.05) is 35.5 Å². The average molecular weight is 352 g/mol. The molecule has 0 fully saturated rings. The maximum atomic E-state index is 9.94. The molecular formula is C20H20N2O4. The molecular weight excluding hydrogens is 332 g/mol. The number of nitrogens with zero attached hydrogens (tertiary/aromatic N) is 2. The van der Waals surface area contributed by atoms with Crippen LogP contribution in [-0.2, 0) is 12.8 Å². The van der Waals surface area contributed by atoms with Gasteiger partial charge in [0.25, 0.3) is 5.89 Å². The first-order chi connectivity index (χ1) is 12.7. The summed E-state index contributed by atoms with van der Waals surface area (Å²) in [5.74, 6) is 1.71. The number of methoxy groups -OCH3 is 2. The van der Waals surface area contributed by atoms with E-state index in [4.69, 9.17) is 14.0 Å². The smallest absolute Gasteiger partial charge is 0.250 e. The molecule has 3 rings (SSSR count). The van der Waals surface area contributed by atoms with Crippen molar-refractivity contribution in [2.45, 2.75) is 12.8 Å². The SMILES string of the molecule is COc1cc(C=Cc2nc(CCc3ccccc3)no2)cc(OC)c1O. The van der Waals surface area contributed by atoms with Crippen LogP contribution in [0.3, 0.4) is 0 Å². The first kappa shape index (κ1) is 17.5. The van der Waals surface area contributed by atoms with E-state index >= 15 is 0 Å². The number of aromatic nitrogens is 2. The van der Waals surface area contributed by atoms with Crippen LogP contribution in [0.25, 0.3) is 12.2 Å². The largest absolute Gasteiger partial charge is 0.502 e. The van der Waals surface area contributed by atoms with Crippen molar-refractivity contribution in [3.8, 4) is 17.2 Å². The number of ether oxygens (including phenoxy) is 2. The van der Waals surface area contributed by atoms with E-state index in [1.165, 1.54) is 19.8 Å². The summed E-state index contributed by atoms with van der Waals surface area (Å²) in [5, 5.41) is 13.9. The van der Waals surface area contributed by atoms with Crippen LogP contribution in [-0.4, -0.2) is 29.5 Å². The Morgan fingerprint density at radius 2 is 1.69 bits per heavy atom. The predicted molar refractivity (Wildman–Crippen MR) is 98.3 cm³/mol.